The zero-order chi connectivity index (χ0) is 12.6. The molecule has 0 fully saturated rings. The summed E-state index contributed by atoms with van der Waals surface area (Å²) in [5.41, 5.74) is 0. The summed E-state index contributed by atoms with van der Waals surface area (Å²) in [6, 6.07) is 0. The fourth-order valence-corrected chi connectivity index (χ4v) is 0.380. The molecule has 0 spiro atoms. The highest BCUT2D eigenvalue weighted by atomic mass is 13.6. The molecule has 0 amide bonds. The SMILES string of the molecule is [2H]C#CC#CC#CC#CC#CC#CC#CC#C. The molecule has 0 aromatic rings. The van der Waals surface area contributed by atoms with Gasteiger partial charge in [-0.25, -0.2) is 0 Å². The summed E-state index contributed by atoms with van der Waals surface area (Å²) < 4.78 is 6.46. The molecule has 0 bridgehead atoms. The molecular weight excluding hydrogens is 192 g/mol. The summed E-state index contributed by atoms with van der Waals surface area (Å²) in [6.07, 6.45) is 6.74. The van der Waals surface area contributed by atoms with Gasteiger partial charge in [0.25, 0.3) is 0 Å². The molecule has 0 radical (unpaired) electrons. The van der Waals surface area contributed by atoms with Crippen LogP contribution in [0.1, 0.15) is 1.37 Å². The highest BCUT2D eigenvalue weighted by Gasteiger charge is 1.56. The Kier molecular flexibility index (Phi) is 7.58. The van der Waals surface area contributed by atoms with E-state index < -0.39 is 0 Å². The first-order valence-electron chi connectivity index (χ1n) is 4.29. The van der Waals surface area contributed by atoms with Gasteiger partial charge in [0.1, 0.15) is 1.37 Å². The van der Waals surface area contributed by atoms with Gasteiger partial charge in [0.05, 0.1) is 0 Å². The van der Waals surface area contributed by atoms with Gasteiger partial charge >= 0.3 is 0 Å². The molecule has 0 aromatic heterocycles. The molecule has 0 unspecified atom stereocenters. The molecule has 0 saturated heterocycles. The maximum atomic E-state index is 6.46. The van der Waals surface area contributed by atoms with Crippen molar-refractivity contribution in [2.75, 3.05) is 0 Å². The maximum absolute atomic E-state index is 6.46. The quantitative estimate of drug-likeness (QED) is 0.487. The van der Waals surface area contributed by atoms with Gasteiger partial charge in [0.15, 0.2) is 0 Å². The minimum absolute atomic E-state index is 1.87. The summed E-state index contributed by atoms with van der Waals surface area (Å²) in [5.74, 6) is 33.3. The fraction of sp³-hybridized carbons (Fsp3) is 0. The second-order valence-electron chi connectivity index (χ2n) is 1.77. The lowest BCUT2D eigenvalue weighted by atomic mass is 10.5. The van der Waals surface area contributed by atoms with Crippen molar-refractivity contribution in [3.63, 3.8) is 0 Å². The van der Waals surface area contributed by atoms with Crippen molar-refractivity contribution < 1.29 is 1.37 Å². The van der Waals surface area contributed by atoms with E-state index in [0.29, 0.717) is 0 Å². The summed E-state index contributed by atoms with van der Waals surface area (Å²) in [5, 5.41) is 0. The molecule has 66 valence electrons. The highest BCUT2D eigenvalue weighted by molar-refractivity contribution is 5.45. The van der Waals surface area contributed by atoms with Gasteiger partial charge in [0.2, 0.25) is 0 Å². The Bertz CT molecular complexity index is 739. The van der Waals surface area contributed by atoms with E-state index in [1.165, 1.54) is 0 Å². The minimum atomic E-state index is 1.87. The lowest BCUT2D eigenvalue weighted by Crippen LogP contribution is -1.55. The van der Waals surface area contributed by atoms with Crippen molar-refractivity contribution in [2.45, 2.75) is 0 Å². The van der Waals surface area contributed by atoms with Gasteiger partial charge in [-0.2, -0.15) is 0 Å². The van der Waals surface area contributed by atoms with Crippen molar-refractivity contribution >= 4 is 0 Å². The minimum Gasteiger partial charge on any atom is -0.106 e. The Hall–Kier alpha value is -3.52. The molecule has 0 nitrogen and oxygen atoms in total. The van der Waals surface area contributed by atoms with Crippen molar-refractivity contribution in [1.82, 2.24) is 0 Å². The number of terminal acetylenes is 2. The van der Waals surface area contributed by atoms with Crippen LogP contribution in [0.15, 0.2) is 0 Å². The van der Waals surface area contributed by atoms with Crippen LogP contribution in [0.5, 0.6) is 0 Å². The van der Waals surface area contributed by atoms with Crippen molar-refractivity contribution in [1.29, 1.82) is 0 Å². The van der Waals surface area contributed by atoms with E-state index >= 15 is 0 Å². The average Bonchev–Trinajstić information content (AvgIpc) is 2.35. The van der Waals surface area contributed by atoms with Gasteiger partial charge in [-0.1, -0.05) is 0 Å². The standard InChI is InChI=1S/C16H2/c1-3-5-7-9-11-13-15-16-14-12-10-8-6-4-2/h1-2H/i1D. The smallest absolute Gasteiger partial charge is 0.106 e. The zero-order valence-electron chi connectivity index (χ0n) is 9.08. The molecule has 0 heterocycles. The third-order valence-corrected chi connectivity index (χ3v) is 0.822. The summed E-state index contributed by atoms with van der Waals surface area (Å²) in [7, 11) is 0. The molecular formula is C16H2. The second kappa shape index (κ2) is 11.5. The fourth-order valence-electron chi connectivity index (χ4n) is 0.380. The number of hydrogen-bond donors (Lipinski definition) is 0. The Balaban J connectivity index is 4.27. The van der Waals surface area contributed by atoms with Crippen LogP contribution >= 0.6 is 0 Å². The first kappa shape index (κ1) is 10.6. The van der Waals surface area contributed by atoms with E-state index in [-0.39, 0.29) is 0 Å². The average molecular weight is 195 g/mol. The van der Waals surface area contributed by atoms with Gasteiger partial charge in [-0.15, -0.1) is 12.8 Å². The van der Waals surface area contributed by atoms with E-state index in [1.807, 2.05) is 6.40 Å². The first-order chi connectivity index (χ1) is 8.41. The van der Waals surface area contributed by atoms with Crippen molar-refractivity contribution in [3.8, 4) is 95.7 Å². The van der Waals surface area contributed by atoms with E-state index in [9.17, 15) is 0 Å². The third-order valence-electron chi connectivity index (χ3n) is 0.822. The molecule has 0 N–H and O–H groups in total. The summed E-state index contributed by atoms with van der Waals surface area (Å²) in [6.45, 7) is 0. The predicted octanol–water partition coefficient (Wildman–Crippen LogP) is 0.273. The Labute approximate surface area is 97.6 Å². The van der Waals surface area contributed by atoms with E-state index in [0.717, 1.165) is 0 Å². The van der Waals surface area contributed by atoms with Crippen LogP contribution in [-0.4, -0.2) is 0 Å². The molecule has 0 aliphatic rings. The topological polar surface area (TPSA) is 0 Å². The highest BCUT2D eigenvalue weighted by Crippen LogP contribution is 1.56. The molecule has 0 aliphatic carbocycles. The molecule has 0 saturated carbocycles. The van der Waals surface area contributed by atoms with Crippen LogP contribution in [0.2, 0.25) is 0 Å². The van der Waals surface area contributed by atoms with Crippen LogP contribution in [0.4, 0.5) is 0 Å². The van der Waals surface area contributed by atoms with Crippen LogP contribution in [0, 0.1) is 95.7 Å². The third kappa shape index (κ3) is 10.5. The van der Waals surface area contributed by atoms with E-state index in [1.54, 1.807) is 0 Å². The molecule has 0 heteroatoms. The lowest BCUT2D eigenvalue weighted by Gasteiger charge is -1.55. The largest absolute Gasteiger partial charge is 0.125 e. The first-order valence-corrected chi connectivity index (χ1v) is 3.79. The van der Waals surface area contributed by atoms with Gasteiger partial charge in [-0.05, 0) is 82.9 Å². The Morgan fingerprint density at radius 1 is 0.500 bits per heavy atom. The maximum Gasteiger partial charge on any atom is 0.125 e. The molecule has 0 rings (SSSR count). The van der Waals surface area contributed by atoms with Crippen LogP contribution < -0.4 is 0 Å². The number of hydrogen-bond acceptors (Lipinski definition) is 0. The van der Waals surface area contributed by atoms with Crippen LogP contribution in [-0.2, 0) is 0 Å². The monoisotopic (exact) mass is 195 g/mol. The van der Waals surface area contributed by atoms with Gasteiger partial charge < -0.3 is 0 Å². The summed E-state index contributed by atoms with van der Waals surface area (Å²) in [4.78, 5) is 0. The summed E-state index contributed by atoms with van der Waals surface area (Å²) >= 11 is 0. The van der Waals surface area contributed by atoms with Gasteiger partial charge in [0, 0.05) is 0 Å². The van der Waals surface area contributed by atoms with E-state index in [2.05, 4.69) is 82.9 Å². The van der Waals surface area contributed by atoms with E-state index in [4.69, 9.17) is 7.79 Å². The van der Waals surface area contributed by atoms with Gasteiger partial charge in [-0.3, -0.25) is 0 Å². The van der Waals surface area contributed by atoms with Crippen LogP contribution in [0.25, 0.3) is 0 Å². The molecule has 0 aromatic carbocycles. The Morgan fingerprint density at radius 3 is 1.12 bits per heavy atom. The zero-order valence-corrected chi connectivity index (χ0v) is 8.08. The molecule has 0 atom stereocenters. The Morgan fingerprint density at radius 2 is 0.812 bits per heavy atom. The lowest BCUT2D eigenvalue weighted by molar-refractivity contribution is 2.34. The second-order valence-corrected chi connectivity index (χ2v) is 1.77. The normalized spacial score (nSPS) is 4.06. The molecule has 0 aliphatic heterocycles. The van der Waals surface area contributed by atoms with Crippen LogP contribution in [0.3, 0.4) is 0 Å². The van der Waals surface area contributed by atoms with Crippen molar-refractivity contribution in [2.24, 2.45) is 0 Å². The predicted molar refractivity (Wildman–Crippen MR) is 64.3 cm³/mol. The molecule has 16 heavy (non-hydrogen) atoms. The van der Waals surface area contributed by atoms with Crippen molar-refractivity contribution in [3.05, 3.63) is 0 Å². The number of rotatable bonds is 0.